The Morgan fingerprint density at radius 2 is 2.27 bits per heavy atom. The zero-order valence-corrected chi connectivity index (χ0v) is 12.0. The van der Waals surface area contributed by atoms with Gasteiger partial charge in [0.25, 0.3) is 5.69 Å². The van der Waals surface area contributed by atoms with E-state index in [0.717, 1.165) is 17.5 Å². The Hall–Kier alpha value is -2.96. The van der Waals surface area contributed by atoms with Gasteiger partial charge in [-0.3, -0.25) is 10.1 Å². The van der Waals surface area contributed by atoms with E-state index in [1.807, 2.05) is 18.3 Å². The smallest absolute Gasteiger partial charge is 0.290 e. The van der Waals surface area contributed by atoms with Gasteiger partial charge in [-0.25, -0.2) is 9.97 Å². The molecule has 0 saturated heterocycles. The van der Waals surface area contributed by atoms with Gasteiger partial charge in [-0.1, -0.05) is 0 Å². The van der Waals surface area contributed by atoms with E-state index in [2.05, 4.69) is 20.3 Å². The molecular weight excluding hydrogens is 282 g/mol. The van der Waals surface area contributed by atoms with Gasteiger partial charge in [-0.15, -0.1) is 0 Å². The van der Waals surface area contributed by atoms with Crippen molar-refractivity contribution in [1.29, 1.82) is 0 Å². The maximum atomic E-state index is 10.8. The molecule has 3 heterocycles. The van der Waals surface area contributed by atoms with Crippen LogP contribution in [0.15, 0.2) is 36.8 Å². The van der Waals surface area contributed by atoms with E-state index in [4.69, 9.17) is 0 Å². The van der Waals surface area contributed by atoms with Gasteiger partial charge < -0.3 is 10.3 Å². The first kappa shape index (κ1) is 14.0. The second-order valence-electron chi connectivity index (χ2n) is 5.00. The molecule has 22 heavy (non-hydrogen) atoms. The molecule has 7 heteroatoms. The number of pyridine rings is 2. The third-order valence-electron chi connectivity index (χ3n) is 3.52. The Balaban J connectivity index is 1.66. The minimum atomic E-state index is -0.426. The molecule has 0 amide bonds. The van der Waals surface area contributed by atoms with Crippen molar-refractivity contribution >= 4 is 22.5 Å². The summed E-state index contributed by atoms with van der Waals surface area (Å²) in [6, 6.07) is 5.63. The highest BCUT2D eigenvalue weighted by Gasteiger charge is 2.11. The molecule has 0 spiro atoms. The van der Waals surface area contributed by atoms with E-state index in [0.29, 0.717) is 17.9 Å². The molecule has 3 aromatic rings. The lowest BCUT2D eigenvalue weighted by Gasteiger charge is -2.06. The van der Waals surface area contributed by atoms with Crippen LogP contribution in [0.4, 0.5) is 11.5 Å². The largest absolute Gasteiger partial charge is 0.370 e. The van der Waals surface area contributed by atoms with Gasteiger partial charge in [0.05, 0.1) is 4.92 Å². The maximum Gasteiger partial charge on any atom is 0.290 e. The minimum Gasteiger partial charge on any atom is -0.370 e. The highest BCUT2D eigenvalue weighted by Crippen LogP contribution is 2.19. The lowest BCUT2D eigenvalue weighted by atomic mass is 10.1. The number of nitrogens with one attached hydrogen (secondary N) is 2. The Labute approximate surface area is 126 Å². The lowest BCUT2D eigenvalue weighted by molar-refractivity contribution is -0.385. The summed E-state index contributed by atoms with van der Waals surface area (Å²) in [6.07, 6.45) is 5.80. The van der Waals surface area contributed by atoms with Crippen molar-refractivity contribution in [3.8, 4) is 0 Å². The fourth-order valence-electron chi connectivity index (χ4n) is 2.38. The average molecular weight is 297 g/mol. The first-order chi connectivity index (χ1) is 10.6. The zero-order chi connectivity index (χ0) is 15.5. The number of fused-ring (bicyclic) bond motifs is 1. The van der Waals surface area contributed by atoms with Gasteiger partial charge >= 0.3 is 0 Å². The van der Waals surface area contributed by atoms with Crippen LogP contribution in [0.3, 0.4) is 0 Å². The van der Waals surface area contributed by atoms with Crippen molar-refractivity contribution in [3.05, 3.63) is 58.0 Å². The van der Waals surface area contributed by atoms with E-state index in [1.54, 1.807) is 19.2 Å². The third kappa shape index (κ3) is 2.73. The molecule has 0 unspecified atom stereocenters. The van der Waals surface area contributed by atoms with E-state index in [1.165, 1.54) is 11.8 Å². The number of H-pyrrole nitrogens is 1. The number of hydrogen-bond acceptors (Lipinski definition) is 5. The summed E-state index contributed by atoms with van der Waals surface area (Å²) in [5, 5.41) is 15.1. The monoisotopic (exact) mass is 297 g/mol. The quantitative estimate of drug-likeness (QED) is 0.557. The van der Waals surface area contributed by atoms with Crippen LogP contribution < -0.4 is 5.32 Å². The second kappa shape index (κ2) is 5.80. The number of hydrogen-bond donors (Lipinski definition) is 2. The molecular formula is C15H15N5O2. The summed E-state index contributed by atoms with van der Waals surface area (Å²) in [5.41, 5.74) is 2.68. The van der Waals surface area contributed by atoms with Crippen LogP contribution in [-0.2, 0) is 6.42 Å². The first-order valence-corrected chi connectivity index (χ1v) is 6.91. The lowest BCUT2D eigenvalue weighted by Crippen LogP contribution is -2.06. The van der Waals surface area contributed by atoms with Crippen LogP contribution in [0.2, 0.25) is 0 Å². The molecule has 112 valence electrons. The molecule has 0 atom stereocenters. The van der Waals surface area contributed by atoms with E-state index in [-0.39, 0.29) is 5.69 Å². The van der Waals surface area contributed by atoms with Gasteiger partial charge in [0.1, 0.15) is 17.7 Å². The van der Waals surface area contributed by atoms with Crippen LogP contribution >= 0.6 is 0 Å². The van der Waals surface area contributed by atoms with E-state index < -0.39 is 4.92 Å². The summed E-state index contributed by atoms with van der Waals surface area (Å²) in [6.45, 7) is 2.39. The number of rotatable bonds is 5. The number of nitro groups is 1. The molecule has 7 nitrogen and oxygen atoms in total. The molecule has 0 aromatic carbocycles. The predicted octanol–water partition coefficient (Wildman–Crippen LogP) is 2.83. The van der Waals surface area contributed by atoms with Crippen molar-refractivity contribution < 1.29 is 4.92 Å². The van der Waals surface area contributed by atoms with Gasteiger partial charge in [0.15, 0.2) is 0 Å². The molecule has 0 aliphatic heterocycles. The number of aromatic amines is 1. The van der Waals surface area contributed by atoms with E-state index >= 15 is 0 Å². The molecule has 0 saturated carbocycles. The highest BCUT2D eigenvalue weighted by molar-refractivity contribution is 5.79. The zero-order valence-electron chi connectivity index (χ0n) is 12.0. The SMILES string of the molecule is Cc1cc(NCCc2c[nH]c3ncccc23)ncc1[N+](=O)[O-]. The average Bonchev–Trinajstić information content (AvgIpc) is 2.90. The summed E-state index contributed by atoms with van der Waals surface area (Å²) in [4.78, 5) is 21.8. The topological polar surface area (TPSA) is 96.7 Å². The molecule has 0 aliphatic rings. The van der Waals surface area contributed by atoms with Gasteiger partial charge in [0.2, 0.25) is 0 Å². The third-order valence-corrected chi connectivity index (χ3v) is 3.52. The fraction of sp³-hybridized carbons (Fsp3) is 0.200. The van der Waals surface area contributed by atoms with Crippen LogP contribution in [-0.4, -0.2) is 26.4 Å². The van der Waals surface area contributed by atoms with Crippen LogP contribution in [0.5, 0.6) is 0 Å². The number of aryl methyl sites for hydroxylation is 1. The molecule has 0 radical (unpaired) electrons. The summed E-state index contributed by atoms with van der Waals surface area (Å²) < 4.78 is 0. The van der Waals surface area contributed by atoms with Crippen molar-refractivity contribution in [1.82, 2.24) is 15.0 Å². The normalized spacial score (nSPS) is 10.8. The Morgan fingerprint density at radius 1 is 1.41 bits per heavy atom. The van der Waals surface area contributed by atoms with Gasteiger partial charge in [0, 0.05) is 29.9 Å². The van der Waals surface area contributed by atoms with Crippen LogP contribution in [0, 0.1) is 17.0 Å². The predicted molar refractivity (Wildman–Crippen MR) is 83.9 cm³/mol. The molecule has 2 N–H and O–H groups in total. The van der Waals surface area contributed by atoms with Crippen LogP contribution in [0.1, 0.15) is 11.1 Å². The van der Waals surface area contributed by atoms with Gasteiger partial charge in [-0.2, -0.15) is 0 Å². The van der Waals surface area contributed by atoms with Gasteiger partial charge in [-0.05, 0) is 37.1 Å². The fourth-order valence-corrected chi connectivity index (χ4v) is 2.38. The van der Waals surface area contributed by atoms with Crippen LogP contribution in [0.25, 0.3) is 11.0 Å². The maximum absolute atomic E-state index is 10.8. The Kier molecular flexibility index (Phi) is 3.69. The molecule has 0 bridgehead atoms. The van der Waals surface area contributed by atoms with Crippen molar-refractivity contribution in [2.45, 2.75) is 13.3 Å². The van der Waals surface area contributed by atoms with Crippen molar-refractivity contribution in [2.24, 2.45) is 0 Å². The van der Waals surface area contributed by atoms with Crippen molar-refractivity contribution in [3.63, 3.8) is 0 Å². The number of nitrogens with zero attached hydrogens (tertiary/aromatic N) is 3. The first-order valence-electron chi connectivity index (χ1n) is 6.91. The minimum absolute atomic E-state index is 0.0354. The summed E-state index contributed by atoms with van der Waals surface area (Å²) in [7, 11) is 0. The molecule has 0 aliphatic carbocycles. The van der Waals surface area contributed by atoms with E-state index in [9.17, 15) is 10.1 Å². The second-order valence-corrected chi connectivity index (χ2v) is 5.00. The molecule has 0 fully saturated rings. The molecule has 3 aromatic heterocycles. The Morgan fingerprint density at radius 3 is 3.05 bits per heavy atom. The van der Waals surface area contributed by atoms with Crippen molar-refractivity contribution in [2.75, 3.05) is 11.9 Å². The highest BCUT2D eigenvalue weighted by atomic mass is 16.6. The summed E-state index contributed by atoms with van der Waals surface area (Å²) in [5.74, 6) is 0.640. The molecule has 3 rings (SSSR count). The number of aromatic nitrogens is 3. The standard InChI is InChI=1S/C15H15N5O2/c1-10-7-14(18-9-13(10)20(21)22)16-6-4-11-8-19-15-12(11)3-2-5-17-15/h2-3,5,7-9H,4,6H2,1H3,(H,16,18)(H,17,19). The summed E-state index contributed by atoms with van der Waals surface area (Å²) >= 11 is 0. The number of anilines is 1. The Bertz CT molecular complexity index is 828.